The summed E-state index contributed by atoms with van der Waals surface area (Å²) < 4.78 is 1.83. The van der Waals surface area contributed by atoms with E-state index in [0.29, 0.717) is 18.8 Å². The van der Waals surface area contributed by atoms with Gasteiger partial charge in [0.25, 0.3) is 5.91 Å². The second kappa shape index (κ2) is 5.15. The molecule has 154 valence electrons. The van der Waals surface area contributed by atoms with Crippen molar-refractivity contribution >= 4 is 29.4 Å². The van der Waals surface area contributed by atoms with Gasteiger partial charge in [-0.1, -0.05) is 0 Å². The van der Waals surface area contributed by atoms with E-state index >= 15 is 0 Å². The van der Waals surface area contributed by atoms with E-state index in [9.17, 15) is 9.90 Å². The Hall–Kier alpha value is -2.50. The monoisotopic (exact) mass is 419 g/mol. The van der Waals surface area contributed by atoms with E-state index in [0.717, 1.165) is 0 Å². The summed E-state index contributed by atoms with van der Waals surface area (Å²) in [7, 11) is 0. The van der Waals surface area contributed by atoms with E-state index in [1.165, 1.54) is 0 Å². The number of halogens is 1. The Labute approximate surface area is 170 Å². The van der Waals surface area contributed by atoms with E-state index in [1.54, 1.807) is 11.0 Å². The first kappa shape index (κ1) is 17.4. The third-order valence-corrected chi connectivity index (χ3v) is 8.12. The number of alkyl halides is 1. The van der Waals surface area contributed by atoms with Crippen molar-refractivity contribution in [3.63, 3.8) is 0 Å². The van der Waals surface area contributed by atoms with Gasteiger partial charge in [0.1, 0.15) is 11.2 Å². The van der Waals surface area contributed by atoms with Crippen molar-refractivity contribution in [2.45, 2.75) is 29.0 Å². The van der Waals surface area contributed by atoms with Gasteiger partial charge in [-0.05, 0) is 30.5 Å². The molecule has 29 heavy (non-hydrogen) atoms. The van der Waals surface area contributed by atoms with Gasteiger partial charge in [-0.15, -0.1) is 11.6 Å². The van der Waals surface area contributed by atoms with Crippen LogP contribution in [0.5, 0.6) is 0 Å². The van der Waals surface area contributed by atoms with Crippen molar-refractivity contribution in [1.29, 1.82) is 0 Å². The molecule has 1 aromatic heterocycles. The Balaban J connectivity index is 1.60. The lowest BCUT2D eigenvalue weighted by molar-refractivity contribution is -0.0269. The molecular formula is C17H22ClN9O2. The van der Waals surface area contributed by atoms with Gasteiger partial charge in [-0.25, -0.2) is 9.98 Å². The molecule has 8 atom stereocenters. The van der Waals surface area contributed by atoms with Crippen LogP contribution in [0.4, 0.5) is 0 Å². The number of nitrogens with one attached hydrogen (secondary N) is 2. The van der Waals surface area contributed by atoms with Crippen LogP contribution in [0, 0.1) is 17.8 Å². The lowest BCUT2D eigenvalue weighted by atomic mass is 9.73. The number of amides is 1. The number of hydrogen-bond donors (Lipinski definition) is 6. The number of guanidine groups is 2. The zero-order valence-corrected chi connectivity index (χ0v) is 16.1. The topological polar surface area (TPSA) is 172 Å². The number of carbonyl (C=O) groups excluding carboxylic acids is 1. The third-order valence-electron chi connectivity index (χ3n) is 7.43. The number of nitrogens with zero attached hydrogens (tertiary/aromatic N) is 4. The van der Waals surface area contributed by atoms with Gasteiger partial charge in [0.2, 0.25) is 0 Å². The summed E-state index contributed by atoms with van der Waals surface area (Å²) in [4.78, 5) is 24.0. The molecule has 4 aliphatic heterocycles. The van der Waals surface area contributed by atoms with Gasteiger partial charge in [-0.2, -0.15) is 0 Å². The molecule has 9 N–H and O–H groups in total. The molecule has 0 bridgehead atoms. The fraction of sp³-hybridized carbons (Fsp3) is 0.588. The van der Waals surface area contributed by atoms with Crippen molar-refractivity contribution in [3.05, 3.63) is 24.0 Å². The Morgan fingerprint density at radius 3 is 2.76 bits per heavy atom. The zero-order chi connectivity index (χ0) is 20.3. The van der Waals surface area contributed by atoms with E-state index in [4.69, 9.17) is 28.8 Å². The highest BCUT2D eigenvalue weighted by molar-refractivity contribution is 6.22. The summed E-state index contributed by atoms with van der Waals surface area (Å²) in [5, 5.41) is 16.9. The third kappa shape index (κ3) is 1.68. The minimum Gasteiger partial charge on any atom is -0.370 e. The highest BCUT2D eigenvalue weighted by atomic mass is 35.5. The molecule has 5 aliphatic rings. The molecule has 0 radical (unpaired) electrons. The maximum Gasteiger partial charge on any atom is 0.272 e. The molecule has 1 saturated heterocycles. The summed E-state index contributed by atoms with van der Waals surface area (Å²) >= 11 is 6.94. The average Bonchev–Trinajstić information content (AvgIpc) is 3.42. The van der Waals surface area contributed by atoms with Crippen molar-refractivity contribution in [2.75, 3.05) is 13.1 Å². The standard InChI is InChI=1S/C17H22ClN9O2/c18-10-6(4-19)7-5-27-11(28)8-2-1-3-26(8)12-17(27,25-14(20)22-12)9(7)16(10)13(29)23-15(21)24-16/h1-3,6-7,9-10,12-13,29H,4-5,19H2,(H3,20,22,25)(H3,21,23,24)/t6-,7+,9+,10+,12+,13+,16+,17-/m1/s1. The Morgan fingerprint density at radius 1 is 1.31 bits per heavy atom. The van der Waals surface area contributed by atoms with Crippen molar-refractivity contribution in [2.24, 2.45) is 44.9 Å². The van der Waals surface area contributed by atoms with Crippen LogP contribution in [0.3, 0.4) is 0 Å². The molecule has 1 aliphatic carbocycles. The predicted molar refractivity (Wildman–Crippen MR) is 105 cm³/mol. The van der Waals surface area contributed by atoms with Crippen molar-refractivity contribution < 1.29 is 9.90 Å². The summed E-state index contributed by atoms with van der Waals surface area (Å²) in [6.45, 7) is 0.721. The fourth-order valence-corrected chi connectivity index (χ4v) is 7.13. The molecule has 1 amide bonds. The molecular weight excluding hydrogens is 398 g/mol. The molecule has 2 spiro atoms. The minimum atomic E-state index is -1.19. The van der Waals surface area contributed by atoms with Crippen LogP contribution in [0.15, 0.2) is 28.3 Å². The van der Waals surface area contributed by atoms with E-state index in [1.807, 2.05) is 16.8 Å². The Morgan fingerprint density at radius 2 is 2.07 bits per heavy atom. The van der Waals surface area contributed by atoms with Crippen LogP contribution in [-0.4, -0.2) is 68.3 Å². The first-order valence-corrected chi connectivity index (χ1v) is 10.0. The first-order valence-electron chi connectivity index (χ1n) is 9.60. The van der Waals surface area contributed by atoms with Crippen LogP contribution < -0.4 is 27.8 Å². The molecule has 6 rings (SSSR count). The van der Waals surface area contributed by atoms with Crippen LogP contribution in [-0.2, 0) is 0 Å². The van der Waals surface area contributed by atoms with Gasteiger partial charge in [-0.3, -0.25) is 4.79 Å². The highest BCUT2D eigenvalue weighted by Gasteiger charge is 2.79. The van der Waals surface area contributed by atoms with Gasteiger partial charge in [0, 0.05) is 18.7 Å². The number of fused-ring (bicyclic) bond motifs is 4. The van der Waals surface area contributed by atoms with E-state index in [-0.39, 0.29) is 35.6 Å². The number of aliphatic hydroxyl groups is 1. The van der Waals surface area contributed by atoms with Gasteiger partial charge >= 0.3 is 0 Å². The summed E-state index contributed by atoms with van der Waals surface area (Å²) in [6.07, 6.45) is 0.125. The average molecular weight is 420 g/mol. The Bertz CT molecular complexity index is 993. The minimum absolute atomic E-state index is 0.101. The number of aliphatic imine (C=N–C) groups is 2. The number of aromatic nitrogens is 1. The molecule has 0 unspecified atom stereocenters. The van der Waals surface area contributed by atoms with Gasteiger partial charge < -0.3 is 42.4 Å². The SMILES string of the molecule is NC[C@@H]1[C@@H]2CN3C(=O)c4cccn4[C@@H]4N=C(N)N[C@@]43[C@@H]2[C@]2(NC(N)=N[C@H]2O)[C@H]1Cl. The summed E-state index contributed by atoms with van der Waals surface area (Å²) in [5.41, 5.74) is 16.6. The zero-order valence-electron chi connectivity index (χ0n) is 15.4. The maximum absolute atomic E-state index is 13.4. The molecule has 5 heterocycles. The lowest BCUT2D eigenvalue weighted by Gasteiger charge is -2.51. The van der Waals surface area contributed by atoms with Crippen LogP contribution in [0.25, 0.3) is 0 Å². The molecule has 11 nitrogen and oxygen atoms in total. The first-order chi connectivity index (χ1) is 13.9. The summed E-state index contributed by atoms with van der Waals surface area (Å²) in [5.74, 6) is -0.441. The maximum atomic E-state index is 13.4. The molecule has 0 aromatic carbocycles. The number of rotatable bonds is 1. The smallest absolute Gasteiger partial charge is 0.272 e. The van der Waals surface area contributed by atoms with E-state index in [2.05, 4.69) is 20.6 Å². The normalized spacial score (nSPS) is 46.6. The number of nitrogens with two attached hydrogens (primary N) is 3. The molecule has 12 heteroatoms. The van der Waals surface area contributed by atoms with Gasteiger partial charge in [0.05, 0.1) is 5.38 Å². The molecule has 2 fully saturated rings. The largest absolute Gasteiger partial charge is 0.370 e. The predicted octanol–water partition coefficient (Wildman–Crippen LogP) is -2.53. The number of aliphatic hydroxyl groups excluding tert-OH is 1. The fourth-order valence-electron chi connectivity index (χ4n) is 6.54. The second-order valence-electron chi connectivity index (χ2n) is 8.44. The van der Waals surface area contributed by atoms with Crippen molar-refractivity contribution in [3.8, 4) is 0 Å². The van der Waals surface area contributed by atoms with Crippen LogP contribution >= 0.6 is 11.6 Å². The van der Waals surface area contributed by atoms with Crippen LogP contribution in [0.2, 0.25) is 0 Å². The molecule has 1 aromatic rings. The van der Waals surface area contributed by atoms with Crippen molar-refractivity contribution in [1.82, 2.24) is 20.1 Å². The molecule has 1 saturated carbocycles. The summed E-state index contributed by atoms with van der Waals surface area (Å²) in [6, 6.07) is 3.58. The quantitative estimate of drug-likeness (QED) is 0.272. The number of carbonyl (C=O) groups is 1. The number of hydrogen-bond acceptors (Lipinski definition) is 9. The highest BCUT2D eigenvalue weighted by Crippen LogP contribution is 2.63. The van der Waals surface area contributed by atoms with Crippen LogP contribution in [0.1, 0.15) is 16.7 Å². The lowest BCUT2D eigenvalue weighted by Crippen LogP contribution is -2.74. The van der Waals surface area contributed by atoms with E-state index < -0.39 is 29.0 Å². The second-order valence-corrected chi connectivity index (χ2v) is 8.91. The Kier molecular flexibility index (Phi) is 3.09. The van der Waals surface area contributed by atoms with Gasteiger partial charge in [0.15, 0.2) is 30.0 Å².